The summed E-state index contributed by atoms with van der Waals surface area (Å²) in [6.45, 7) is 0.0202. The lowest BCUT2D eigenvalue weighted by molar-refractivity contribution is -0.384. The standard InChI is InChI=1S/C11H10N4O3/c12-10(16)7-14-6-5-13-11(14)8-1-3-9(4-2-8)15(17)18/h1-6H,7H2,(H2,12,16). The van der Waals surface area contributed by atoms with E-state index < -0.39 is 10.8 Å². The molecule has 0 bridgehead atoms. The first kappa shape index (κ1) is 11.8. The Labute approximate surface area is 102 Å². The molecule has 18 heavy (non-hydrogen) atoms. The highest BCUT2D eigenvalue weighted by Crippen LogP contribution is 2.20. The first-order valence-electron chi connectivity index (χ1n) is 5.12. The number of nitro groups is 1. The van der Waals surface area contributed by atoms with E-state index in [1.807, 2.05) is 0 Å². The molecule has 0 unspecified atom stereocenters. The highest BCUT2D eigenvalue weighted by molar-refractivity contribution is 5.74. The van der Waals surface area contributed by atoms with Crippen molar-refractivity contribution in [1.82, 2.24) is 9.55 Å². The monoisotopic (exact) mass is 246 g/mol. The van der Waals surface area contributed by atoms with Crippen molar-refractivity contribution in [3.63, 3.8) is 0 Å². The topological polar surface area (TPSA) is 104 Å². The number of nitrogens with two attached hydrogens (primary N) is 1. The summed E-state index contributed by atoms with van der Waals surface area (Å²) in [5.41, 5.74) is 5.81. The highest BCUT2D eigenvalue weighted by atomic mass is 16.6. The van der Waals surface area contributed by atoms with E-state index in [0.29, 0.717) is 11.4 Å². The number of benzene rings is 1. The van der Waals surface area contributed by atoms with Gasteiger partial charge in [0.1, 0.15) is 12.4 Å². The molecular formula is C11H10N4O3. The van der Waals surface area contributed by atoms with Crippen LogP contribution in [-0.2, 0) is 11.3 Å². The van der Waals surface area contributed by atoms with Gasteiger partial charge in [-0.25, -0.2) is 4.98 Å². The van der Waals surface area contributed by atoms with Crippen LogP contribution in [0, 0.1) is 10.1 Å². The summed E-state index contributed by atoms with van der Waals surface area (Å²) in [7, 11) is 0. The fraction of sp³-hybridized carbons (Fsp3) is 0.0909. The predicted octanol–water partition coefficient (Wildman–Crippen LogP) is 0.944. The number of non-ortho nitro benzene ring substituents is 1. The number of carbonyl (C=O) groups excluding carboxylic acids is 1. The molecule has 2 aromatic rings. The van der Waals surface area contributed by atoms with E-state index in [0.717, 1.165) is 0 Å². The van der Waals surface area contributed by atoms with E-state index in [-0.39, 0.29) is 12.2 Å². The van der Waals surface area contributed by atoms with Crippen molar-refractivity contribution in [3.8, 4) is 11.4 Å². The second-order valence-electron chi connectivity index (χ2n) is 3.65. The molecule has 0 aliphatic heterocycles. The summed E-state index contributed by atoms with van der Waals surface area (Å²) in [5, 5.41) is 10.5. The molecule has 0 radical (unpaired) electrons. The number of hydrogen-bond donors (Lipinski definition) is 1. The average molecular weight is 246 g/mol. The van der Waals surface area contributed by atoms with Crippen molar-refractivity contribution in [3.05, 3.63) is 46.8 Å². The number of amides is 1. The van der Waals surface area contributed by atoms with E-state index in [1.165, 1.54) is 12.1 Å². The molecule has 0 saturated heterocycles. The summed E-state index contributed by atoms with van der Waals surface area (Å²) in [6, 6.07) is 5.94. The Morgan fingerprint density at radius 1 is 1.39 bits per heavy atom. The minimum atomic E-state index is -0.476. The fourth-order valence-corrected chi connectivity index (χ4v) is 1.60. The first-order chi connectivity index (χ1) is 8.58. The molecule has 1 amide bonds. The molecule has 7 heteroatoms. The van der Waals surface area contributed by atoms with Crippen molar-refractivity contribution in [2.24, 2.45) is 5.73 Å². The lowest BCUT2D eigenvalue weighted by atomic mass is 10.2. The van der Waals surface area contributed by atoms with Gasteiger partial charge in [0.15, 0.2) is 0 Å². The van der Waals surface area contributed by atoms with Crippen molar-refractivity contribution in [2.45, 2.75) is 6.54 Å². The van der Waals surface area contributed by atoms with E-state index in [9.17, 15) is 14.9 Å². The minimum Gasteiger partial charge on any atom is -0.368 e. The molecule has 1 heterocycles. The van der Waals surface area contributed by atoms with E-state index in [4.69, 9.17) is 5.73 Å². The molecule has 0 saturated carbocycles. The molecule has 0 aliphatic carbocycles. The smallest absolute Gasteiger partial charge is 0.269 e. The van der Waals surface area contributed by atoms with Crippen molar-refractivity contribution < 1.29 is 9.72 Å². The molecule has 1 aromatic heterocycles. The van der Waals surface area contributed by atoms with Crippen molar-refractivity contribution >= 4 is 11.6 Å². The van der Waals surface area contributed by atoms with Crippen LogP contribution in [-0.4, -0.2) is 20.4 Å². The van der Waals surface area contributed by atoms with Crippen molar-refractivity contribution in [2.75, 3.05) is 0 Å². The zero-order valence-electron chi connectivity index (χ0n) is 9.31. The maximum atomic E-state index is 10.9. The third-order valence-corrected chi connectivity index (χ3v) is 2.38. The number of primary amides is 1. The number of carbonyl (C=O) groups is 1. The van der Waals surface area contributed by atoms with Crippen LogP contribution in [0.2, 0.25) is 0 Å². The van der Waals surface area contributed by atoms with E-state index in [2.05, 4.69) is 4.98 Å². The van der Waals surface area contributed by atoms with Gasteiger partial charge in [-0.1, -0.05) is 0 Å². The van der Waals surface area contributed by atoms with Crippen LogP contribution in [0.3, 0.4) is 0 Å². The molecule has 0 spiro atoms. The lowest BCUT2D eigenvalue weighted by Gasteiger charge is -2.05. The summed E-state index contributed by atoms with van der Waals surface area (Å²) >= 11 is 0. The van der Waals surface area contributed by atoms with Gasteiger partial charge in [-0.3, -0.25) is 14.9 Å². The normalized spacial score (nSPS) is 10.2. The zero-order valence-corrected chi connectivity index (χ0v) is 9.31. The van der Waals surface area contributed by atoms with E-state index in [1.54, 1.807) is 29.1 Å². The summed E-state index contributed by atoms with van der Waals surface area (Å²) in [6.07, 6.45) is 3.17. The van der Waals surface area contributed by atoms with Gasteiger partial charge in [-0.2, -0.15) is 0 Å². The Bertz CT molecular complexity index is 589. The molecule has 1 aromatic carbocycles. The molecule has 0 aliphatic rings. The number of aromatic nitrogens is 2. The van der Waals surface area contributed by atoms with Crippen LogP contribution in [0.5, 0.6) is 0 Å². The molecule has 2 N–H and O–H groups in total. The van der Waals surface area contributed by atoms with Crippen LogP contribution in [0.1, 0.15) is 0 Å². The quantitative estimate of drug-likeness (QED) is 0.640. The van der Waals surface area contributed by atoms with Crippen LogP contribution in [0.15, 0.2) is 36.7 Å². The second kappa shape index (κ2) is 4.66. The highest BCUT2D eigenvalue weighted by Gasteiger charge is 2.10. The number of rotatable bonds is 4. The molecule has 0 fully saturated rings. The molecule has 7 nitrogen and oxygen atoms in total. The zero-order chi connectivity index (χ0) is 13.1. The molecular weight excluding hydrogens is 236 g/mol. The number of nitro benzene ring substituents is 1. The average Bonchev–Trinajstić information content (AvgIpc) is 2.76. The third kappa shape index (κ3) is 2.34. The molecule has 2 rings (SSSR count). The van der Waals surface area contributed by atoms with Gasteiger partial charge < -0.3 is 10.3 Å². The molecule has 92 valence electrons. The SMILES string of the molecule is NC(=O)Cn1ccnc1-c1ccc([N+](=O)[O-])cc1. The van der Waals surface area contributed by atoms with E-state index >= 15 is 0 Å². The summed E-state index contributed by atoms with van der Waals surface area (Å²) in [4.78, 5) is 25.0. The Morgan fingerprint density at radius 3 is 2.61 bits per heavy atom. The second-order valence-corrected chi connectivity index (χ2v) is 3.65. The van der Waals surface area contributed by atoms with Gasteiger partial charge in [-0.15, -0.1) is 0 Å². The van der Waals surface area contributed by atoms with Crippen LogP contribution in [0.25, 0.3) is 11.4 Å². The van der Waals surface area contributed by atoms with Gasteiger partial charge >= 0.3 is 0 Å². The predicted molar refractivity (Wildman–Crippen MR) is 63.5 cm³/mol. The summed E-state index contributed by atoms with van der Waals surface area (Å²) in [5.74, 6) is 0.0693. The maximum absolute atomic E-state index is 10.9. The number of hydrogen-bond acceptors (Lipinski definition) is 4. The maximum Gasteiger partial charge on any atom is 0.269 e. The number of nitrogens with zero attached hydrogens (tertiary/aromatic N) is 3. The van der Waals surface area contributed by atoms with Gasteiger partial charge in [0.25, 0.3) is 5.69 Å². The summed E-state index contributed by atoms with van der Waals surface area (Å²) < 4.78 is 1.59. The third-order valence-electron chi connectivity index (χ3n) is 2.38. The minimum absolute atomic E-state index is 0.00626. The Hall–Kier alpha value is -2.70. The van der Waals surface area contributed by atoms with Crippen molar-refractivity contribution in [1.29, 1.82) is 0 Å². The van der Waals surface area contributed by atoms with Gasteiger partial charge in [0.05, 0.1) is 4.92 Å². The Balaban J connectivity index is 2.34. The first-order valence-corrected chi connectivity index (χ1v) is 5.12. The van der Waals surface area contributed by atoms with Gasteiger partial charge in [0, 0.05) is 30.1 Å². The van der Waals surface area contributed by atoms with Crippen LogP contribution < -0.4 is 5.73 Å². The Morgan fingerprint density at radius 2 is 2.06 bits per heavy atom. The fourth-order valence-electron chi connectivity index (χ4n) is 1.60. The van der Waals surface area contributed by atoms with Gasteiger partial charge in [0.2, 0.25) is 5.91 Å². The molecule has 0 atom stereocenters. The lowest BCUT2D eigenvalue weighted by Crippen LogP contribution is -2.18. The van der Waals surface area contributed by atoms with Crippen LogP contribution in [0.4, 0.5) is 5.69 Å². The number of imidazole rings is 1. The Kier molecular flexibility index (Phi) is 3.05. The van der Waals surface area contributed by atoms with Crippen LogP contribution >= 0.6 is 0 Å². The largest absolute Gasteiger partial charge is 0.368 e. The van der Waals surface area contributed by atoms with Gasteiger partial charge in [-0.05, 0) is 12.1 Å².